The molecule has 1 fully saturated rings. The van der Waals surface area contributed by atoms with E-state index < -0.39 is 6.09 Å². The Morgan fingerprint density at radius 1 is 1.19 bits per heavy atom. The Kier molecular flexibility index (Phi) is 4.71. The Morgan fingerprint density at radius 2 is 1.93 bits per heavy atom. The fraction of sp³-hybridized carbons (Fsp3) is 0.333. The van der Waals surface area contributed by atoms with E-state index in [1.807, 2.05) is 25.1 Å². The first-order valence-electron chi connectivity index (χ1n) is 9.30. The molecule has 0 unspecified atom stereocenters. The van der Waals surface area contributed by atoms with E-state index in [4.69, 9.17) is 20.2 Å². The van der Waals surface area contributed by atoms with Gasteiger partial charge in [-0.15, -0.1) is 0 Å². The van der Waals surface area contributed by atoms with E-state index in [1.54, 1.807) is 12.1 Å². The highest BCUT2D eigenvalue weighted by Gasteiger charge is 2.24. The summed E-state index contributed by atoms with van der Waals surface area (Å²) >= 11 is 0. The van der Waals surface area contributed by atoms with Crippen LogP contribution in [0.5, 0.6) is 11.5 Å². The van der Waals surface area contributed by atoms with Gasteiger partial charge in [0, 0.05) is 19.0 Å². The number of carbonyl (C=O) groups is 1. The van der Waals surface area contributed by atoms with Crippen molar-refractivity contribution in [1.82, 2.24) is 9.55 Å². The molecule has 0 radical (unpaired) electrons. The monoisotopic (exact) mass is 365 g/mol. The van der Waals surface area contributed by atoms with E-state index in [0.717, 1.165) is 41.5 Å². The van der Waals surface area contributed by atoms with E-state index in [1.165, 1.54) is 18.4 Å². The fourth-order valence-electron chi connectivity index (χ4n) is 3.29. The number of benzene rings is 2. The van der Waals surface area contributed by atoms with Gasteiger partial charge in [-0.05, 0) is 55.5 Å². The fourth-order valence-corrected chi connectivity index (χ4v) is 3.29. The summed E-state index contributed by atoms with van der Waals surface area (Å²) in [5, 5.41) is 0. The predicted molar refractivity (Wildman–Crippen MR) is 103 cm³/mol. The molecule has 0 aliphatic heterocycles. The highest BCUT2D eigenvalue weighted by Crippen LogP contribution is 2.33. The maximum absolute atomic E-state index is 11.0. The Hall–Kier alpha value is -3.02. The van der Waals surface area contributed by atoms with Crippen LogP contribution in [-0.4, -0.2) is 22.3 Å². The Bertz CT molecular complexity index is 959. The van der Waals surface area contributed by atoms with Gasteiger partial charge in [0.15, 0.2) is 0 Å². The molecular weight excluding hydrogens is 342 g/mol. The minimum Gasteiger partial charge on any atom is -0.494 e. The third-order valence-electron chi connectivity index (χ3n) is 4.75. The van der Waals surface area contributed by atoms with Crippen molar-refractivity contribution >= 4 is 17.1 Å². The van der Waals surface area contributed by atoms with Gasteiger partial charge >= 0.3 is 6.09 Å². The lowest BCUT2D eigenvalue weighted by atomic mass is 10.1. The van der Waals surface area contributed by atoms with Crippen LogP contribution in [-0.2, 0) is 13.0 Å². The second-order valence-corrected chi connectivity index (χ2v) is 6.91. The molecule has 27 heavy (non-hydrogen) atoms. The number of amides is 1. The molecule has 2 N–H and O–H groups in total. The van der Waals surface area contributed by atoms with Gasteiger partial charge in [-0.2, -0.15) is 0 Å². The van der Waals surface area contributed by atoms with Crippen LogP contribution in [0.2, 0.25) is 0 Å². The van der Waals surface area contributed by atoms with Crippen LogP contribution >= 0.6 is 0 Å². The van der Waals surface area contributed by atoms with Crippen LogP contribution in [0, 0.1) is 5.92 Å². The lowest BCUT2D eigenvalue weighted by Gasteiger charge is -2.09. The molecule has 1 aromatic heterocycles. The molecule has 0 spiro atoms. The highest BCUT2D eigenvalue weighted by atomic mass is 16.5. The minimum absolute atomic E-state index is 0.415. The lowest BCUT2D eigenvalue weighted by Crippen LogP contribution is -2.16. The van der Waals surface area contributed by atoms with Crippen LogP contribution in [0.1, 0.15) is 31.2 Å². The number of hydrogen-bond acceptors (Lipinski definition) is 4. The first-order valence-corrected chi connectivity index (χ1v) is 9.30. The molecule has 1 amide bonds. The maximum Gasteiger partial charge on any atom is 0.409 e. The van der Waals surface area contributed by atoms with Crippen molar-refractivity contribution in [2.45, 2.75) is 32.7 Å². The van der Waals surface area contributed by atoms with E-state index >= 15 is 0 Å². The van der Waals surface area contributed by atoms with Gasteiger partial charge in [-0.25, -0.2) is 9.78 Å². The Labute approximate surface area is 157 Å². The molecule has 6 nitrogen and oxygen atoms in total. The molecule has 0 atom stereocenters. The zero-order valence-electron chi connectivity index (χ0n) is 15.4. The topological polar surface area (TPSA) is 79.4 Å². The lowest BCUT2D eigenvalue weighted by molar-refractivity contribution is 0.211. The van der Waals surface area contributed by atoms with E-state index in [0.29, 0.717) is 12.4 Å². The summed E-state index contributed by atoms with van der Waals surface area (Å²) in [6.07, 6.45) is 2.46. The van der Waals surface area contributed by atoms with Gasteiger partial charge in [0.25, 0.3) is 0 Å². The predicted octanol–water partition coefficient (Wildman–Crippen LogP) is 3.89. The second kappa shape index (κ2) is 7.31. The summed E-state index contributed by atoms with van der Waals surface area (Å²) in [5.41, 5.74) is 8.17. The second-order valence-electron chi connectivity index (χ2n) is 6.91. The number of aromatic nitrogens is 2. The molecule has 1 saturated carbocycles. The van der Waals surface area contributed by atoms with Crippen molar-refractivity contribution in [3.05, 3.63) is 53.9 Å². The Balaban J connectivity index is 1.65. The van der Waals surface area contributed by atoms with Crippen molar-refractivity contribution in [3.63, 3.8) is 0 Å². The number of rotatable bonds is 7. The van der Waals surface area contributed by atoms with Gasteiger partial charge in [0.2, 0.25) is 0 Å². The van der Waals surface area contributed by atoms with Crippen molar-refractivity contribution in [1.29, 1.82) is 0 Å². The number of primary amides is 1. The third kappa shape index (κ3) is 4.05. The quantitative estimate of drug-likeness (QED) is 0.689. The van der Waals surface area contributed by atoms with Gasteiger partial charge in [-0.3, -0.25) is 0 Å². The maximum atomic E-state index is 11.0. The normalized spacial score (nSPS) is 13.7. The summed E-state index contributed by atoms with van der Waals surface area (Å²) in [4.78, 5) is 15.8. The third-order valence-corrected chi connectivity index (χ3v) is 4.75. The first kappa shape index (κ1) is 17.4. The van der Waals surface area contributed by atoms with Gasteiger partial charge in [0.1, 0.15) is 17.3 Å². The van der Waals surface area contributed by atoms with E-state index in [2.05, 4.69) is 16.7 Å². The molecular formula is C21H23N3O3. The summed E-state index contributed by atoms with van der Waals surface area (Å²) in [7, 11) is 0. The summed E-state index contributed by atoms with van der Waals surface area (Å²) in [5.74, 6) is 3.03. The van der Waals surface area contributed by atoms with Gasteiger partial charge in [-0.1, -0.05) is 12.1 Å². The molecule has 3 aromatic rings. The number of nitrogens with zero attached hydrogens (tertiary/aromatic N) is 2. The first-order chi connectivity index (χ1) is 13.1. The number of hydrogen-bond donors (Lipinski definition) is 1. The van der Waals surface area contributed by atoms with Crippen LogP contribution in [0.25, 0.3) is 11.0 Å². The number of ether oxygens (including phenoxy) is 2. The number of fused-ring (bicyclic) bond motifs is 1. The Morgan fingerprint density at radius 3 is 2.59 bits per heavy atom. The number of imidazole rings is 1. The summed E-state index contributed by atoms with van der Waals surface area (Å²) in [6, 6.07) is 13.6. The average molecular weight is 365 g/mol. The molecule has 1 heterocycles. The SMILES string of the molecule is CCOc1ccc(Cc2nc3cc(OC(N)=O)ccc3n2CC2CC2)cc1. The average Bonchev–Trinajstić information content (AvgIpc) is 3.39. The van der Waals surface area contributed by atoms with Gasteiger partial charge in [0.05, 0.1) is 17.6 Å². The standard InChI is InChI=1S/C21H23N3O3/c1-2-26-16-7-5-14(6-8-16)11-20-23-18-12-17(27-21(22)25)9-10-19(18)24(20)13-15-3-4-15/h5-10,12,15H,2-4,11,13H2,1H3,(H2,22,25). The number of nitrogens with two attached hydrogens (primary N) is 1. The van der Waals surface area contributed by atoms with Crippen LogP contribution in [0.3, 0.4) is 0 Å². The molecule has 2 aromatic carbocycles. The molecule has 6 heteroatoms. The largest absolute Gasteiger partial charge is 0.494 e. The zero-order valence-corrected chi connectivity index (χ0v) is 15.4. The van der Waals surface area contributed by atoms with Crippen LogP contribution in [0.15, 0.2) is 42.5 Å². The summed E-state index contributed by atoms with van der Waals surface area (Å²) in [6.45, 7) is 3.61. The highest BCUT2D eigenvalue weighted by molar-refractivity contribution is 5.79. The molecule has 0 bridgehead atoms. The zero-order chi connectivity index (χ0) is 18.8. The van der Waals surface area contributed by atoms with Crippen molar-refractivity contribution in [2.75, 3.05) is 6.61 Å². The molecule has 140 valence electrons. The minimum atomic E-state index is -0.818. The van der Waals surface area contributed by atoms with Crippen LogP contribution in [0.4, 0.5) is 4.79 Å². The van der Waals surface area contributed by atoms with Gasteiger partial charge < -0.3 is 19.8 Å². The van der Waals surface area contributed by atoms with E-state index in [-0.39, 0.29) is 0 Å². The number of carbonyl (C=O) groups excluding carboxylic acids is 1. The molecule has 4 rings (SSSR count). The molecule has 1 aliphatic rings. The van der Waals surface area contributed by atoms with E-state index in [9.17, 15) is 4.79 Å². The van der Waals surface area contributed by atoms with Crippen molar-refractivity contribution in [3.8, 4) is 11.5 Å². The van der Waals surface area contributed by atoms with Crippen molar-refractivity contribution in [2.24, 2.45) is 11.7 Å². The smallest absolute Gasteiger partial charge is 0.409 e. The van der Waals surface area contributed by atoms with Crippen molar-refractivity contribution < 1.29 is 14.3 Å². The molecule has 0 saturated heterocycles. The summed E-state index contributed by atoms with van der Waals surface area (Å²) < 4.78 is 12.8. The molecule has 1 aliphatic carbocycles. The van der Waals surface area contributed by atoms with Crippen LogP contribution < -0.4 is 15.2 Å².